The van der Waals surface area contributed by atoms with E-state index in [1.807, 2.05) is 18.7 Å². The number of benzene rings is 1. The highest BCUT2D eigenvalue weighted by atomic mass is 32.2. The molecule has 0 radical (unpaired) electrons. The number of hydrogen-bond donors (Lipinski definition) is 0. The van der Waals surface area contributed by atoms with Gasteiger partial charge in [0.2, 0.25) is 0 Å². The Balaban J connectivity index is 1.79. The first-order valence-electron chi connectivity index (χ1n) is 7.62. The molecule has 2 aliphatic rings. The lowest BCUT2D eigenvalue weighted by Gasteiger charge is -2.43. The lowest BCUT2D eigenvalue weighted by molar-refractivity contribution is -0.0959. The fourth-order valence-corrected chi connectivity index (χ4v) is 4.66. The highest BCUT2D eigenvalue weighted by Gasteiger charge is 2.41. The van der Waals surface area contributed by atoms with Crippen molar-refractivity contribution in [2.24, 2.45) is 5.92 Å². The fraction of sp³-hybridized carbons (Fsp3) is 0.588. The average Bonchev–Trinajstić information content (AvgIpc) is 2.50. The van der Waals surface area contributed by atoms with Crippen molar-refractivity contribution in [2.75, 3.05) is 18.1 Å². The van der Waals surface area contributed by atoms with Gasteiger partial charge in [-0.15, -0.1) is 0 Å². The van der Waals surface area contributed by atoms with Gasteiger partial charge in [0, 0.05) is 18.1 Å². The summed E-state index contributed by atoms with van der Waals surface area (Å²) in [5.74, 6) is 1.95. The SMILES string of the molecule is Cc1ccc(F)cc1C(=O)C1CCOC2(CCSCC2)C1. The topological polar surface area (TPSA) is 26.3 Å². The van der Waals surface area contributed by atoms with Gasteiger partial charge in [-0.25, -0.2) is 4.39 Å². The summed E-state index contributed by atoms with van der Waals surface area (Å²) in [6.07, 6.45) is 3.61. The van der Waals surface area contributed by atoms with Crippen LogP contribution in [0.3, 0.4) is 0 Å². The summed E-state index contributed by atoms with van der Waals surface area (Å²) < 4.78 is 19.5. The zero-order chi connectivity index (χ0) is 14.9. The predicted molar refractivity (Wildman–Crippen MR) is 83.4 cm³/mol. The van der Waals surface area contributed by atoms with Crippen LogP contribution in [0.5, 0.6) is 0 Å². The van der Waals surface area contributed by atoms with Gasteiger partial charge in [0.15, 0.2) is 5.78 Å². The molecular formula is C17H21FO2S. The fourth-order valence-electron chi connectivity index (χ4n) is 3.42. The van der Waals surface area contributed by atoms with Crippen molar-refractivity contribution in [1.29, 1.82) is 0 Å². The van der Waals surface area contributed by atoms with E-state index in [1.165, 1.54) is 12.1 Å². The number of hydrogen-bond acceptors (Lipinski definition) is 3. The van der Waals surface area contributed by atoms with Crippen molar-refractivity contribution in [2.45, 2.75) is 38.2 Å². The monoisotopic (exact) mass is 308 g/mol. The number of Topliss-reactive ketones (excluding diaryl/α,β-unsaturated/α-hetero) is 1. The highest BCUT2D eigenvalue weighted by Crippen LogP contribution is 2.40. The van der Waals surface area contributed by atoms with Crippen LogP contribution >= 0.6 is 11.8 Å². The molecule has 0 aliphatic carbocycles. The summed E-state index contributed by atoms with van der Waals surface area (Å²) in [4.78, 5) is 12.8. The Bertz CT molecular complexity index is 532. The maximum atomic E-state index is 13.4. The standard InChI is InChI=1S/C17H21FO2S/c1-12-2-3-14(18)10-15(12)16(19)13-4-7-20-17(11-13)5-8-21-9-6-17/h2-3,10,13H,4-9,11H2,1H3. The number of carbonyl (C=O) groups is 1. The first kappa shape index (κ1) is 15.0. The number of aryl methyl sites for hydroxylation is 1. The third-order valence-corrected chi connectivity index (χ3v) is 5.72. The van der Waals surface area contributed by atoms with E-state index < -0.39 is 0 Å². The molecule has 3 rings (SSSR count). The highest BCUT2D eigenvalue weighted by molar-refractivity contribution is 7.99. The van der Waals surface area contributed by atoms with E-state index in [4.69, 9.17) is 4.74 Å². The Morgan fingerprint density at radius 2 is 2.14 bits per heavy atom. The minimum Gasteiger partial charge on any atom is -0.375 e. The van der Waals surface area contributed by atoms with Gasteiger partial charge in [-0.05, 0) is 61.8 Å². The number of ketones is 1. The molecule has 1 atom stereocenters. The molecule has 0 aromatic heterocycles. The Hall–Kier alpha value is -0.870. The van der Waals surface area contributed by atoms with Crippen LogP contribution in [0, 0.1) is 18.7 Å². The van der Waals surface area contributed by atoms with Gasteiger partial charge >= 0.3 is 0 Å². The molecule has 0 saturated carbocycles. The van der Waals surface area contributed by atoms with Crippen molar-refractivity contribution in [3.8, 4) is 0 Å². The molecule has 2 saturated heterocycles. The Morgan fingerprint density at radius 1 is 1.38 bits per heavy atom. The van der Waals surface area contributed by atoms with Gasteiger partial charge < -0.3 is 4.74 Å². The van der Waals surface area contributed by atoms with Crippen molar-refractivity contribution in [1.82, 2.24) is 0 Å². The molecule has 114 valence electrons. The van der Waals surface area contributed by atoms with Crippen molar-refractivity contribution in [3.63, 3.8) is 0 Å². The van der Waals surface area contributed by atoms with Crippen LogP contribution in [0.4, 0.5) is 4.39 Å². The molecule has 1 aromatic rings. The molecular weight excluding hydrogens is 287 g/mol. The van der Waals surface area contributed by atoms with Crippen LogP contribution in [-0.2, 0) is 4.74 Å². The van der Waals surface area contributed by atoms with E-state index in [1.54, 1.807) is 6.07 Å². The second-order valence-electron chi connectivity index (χ2n) is 6.16. The molecule has 4 heteroatoms. The van der Waals surface area contributed by atoms with E-state index >= 15 is 0 Å². The van der Waals surface area contributed by atoms with Crippen LogP contribution in [0.25, 0.3) is 0 Å². The summed E-state index contributed by atoms with van der Waals surface area (Å²) in [5.41, 5.74) is 1.30. The van der Waals surface area contributed by atoms with Crippen molar-refractivity contribution in [3.05, 3.63) is 35.1 Å². The maximum Gasteiger partial charge on any atom is 0.166 e. The van der Waals surface area contributed by atoms with E-state index in [9.17, 15) is 9.18 Å². The van der Waals surface area contributed by atoms with Crippen LogP contribution in [0.1, 0.15) is 41.6 Å². The second kappa shape index (κ2) is 6.09. The molecule has 1 unspecified atom stereocenters. The summed E-state index contributed by atoms with van der Waals surface area (Å²) >= 11 is 1.96. The molecule has 0 N–H and O–H groups in total. The van der Waals surface area contributed by atoms with E-state index in [-0.39, 0.29) is 23.1 Å². The van der Waals surface area contributed by atoms with Gasteiger partial charge in [0.25, 0.3) is 0 Å². The van der Waals surface area contributed by atoms with E-state index in [0.717, 1.165) is 42.8 Å². The number of carbonyl (C=O) groups excluding carboxylic acids is 1. The van der Waals surface area contributed by atoms with Gasteiger partial charge in [-0.1, -0.05) is 6.07 Å². The van der Waals surface area contributed by atoms with Crippen molar-refractivity contribution >= 4 is 17.5 Å². The first-order valence-corrected chi connectivity index (χ1v) is 8.77. The van der Waals surface area contributed by atoms with Gasteiger partial charge in [-0.3, -0.25) is 4.79 Å². The lowest BCUT2D eigenvalue weighted by Crippen LogP contribution is -2.44. The van der Waals surface area contributed by atoms with Gasteiger partial charge in [-0.2, -0.15) is 11.8 Å². The summed E-state index contributed by atoms with van der Waals surface area (Å²) in [6, 6.07) is 4.49. The van der Waals surface area contributed by atoms with Gasteiger partial charge in [0.05, 0.1) is 5.60 Å². The summed E-state index contributed by atoms with van der Waals surface area (Å²) in [7, 11) is 0. The number of ether oxygens (including phenoxy) is 1. The normalized spacial score (nSPS) is 25.0. The number of thioether (sulfide) groups is 1. The zero-order valence-corrected chi connectivity index (χ0v) is 13.2. The molecule has 0 bridgehead atoms. The van der Waals surface area contributed by atoms with Gasteiger partial charge in [0.1, 0.15) is 5.82 Å². The Labute approximate surface area is 129 Å². The van der Waals surface area contributed by atoms with Crippen LogP contribution in [0.15, 0.2) is 18.2 Å². The maximum absolute atomic E-state index is 13.4. The quantitative estimate of drug-likeness (QED) is 0.772. The first-order chi connectivity index (χ1) is 10.1. The number of rotatable bonds is 2. The molecule has 21 heavy (non-hydrogen) atoms. The van der Waals surface area contributed by atoms with E-state index in [0.29, 0.717) is 12.2 Å². The average molecular weight is 308 g/mol. The summed E-state index contributed by atoms with van der Waals surface area (Å²) in [5, 5.41) is 0. The molecule has 1 spiro atoms. The molecule has 2 heterocycles. The minimum absolute atomic E-state index is 0.0256. The predicted octanol–water partition coefficient (Wildman–Crippen LogP) is 4.01. The largest absolute Gasteiger partial charge is 0.375 e. The molecule has 1 aromatic carbocycles. The van der Waals surface area contributed by atoms with Crippen LogP contribution in [0.2, 0.25) is 0 Å². The smallest absolute Gasteiger partial charge is 0.166 e. The van der Waals surface area contributed by atoms with Crippen LogP contribution < -0.4 is 0 Å². The second-order valence-corrected chi connectivity index (χ2v) is 7.38. The third kappa shape index (κ3) is 3.16. The third-order valence-electron chi connectivity index (χ3n) is 4.73. The van der Waals surface area contributed by atoms with Crippen LogP contribution in [-0.4, -0.2) is 29.5 Å². The zero-order valence-electron chi connectivity index (χ0n) is 12.4. The minimum atomic E-state index is -0.334. The Kier molecular flexibility index (Phi) is 4.36. The lowest BCUT2D eigenvalue weighted by atomic mass is 9.78. The summed E-state index contributed by atoms with van der Waals surface area (Å²) in [6.45, 7) is 2.52. The molecule has 2 aliphatic heterocycles. The van der Waals surface area contributed by atoms with E-state index in [2.05, 4.69) is 0 Å². The number of halogens is 1. The molecule has 2 fully saturated rings. The molecule has 2 nitrogen and oxygen atoms in total. The molecule has 0 amide bonds. The Morgan fingerprint density at radius 3 is 2.90 bits per heavy atom. The van der Waals surface area contributed by atoms with Crippen molar-refractivity contribution < 1.29 is 13.9 Å².